The van der Waals surface area contributed by atoms with Gasteiger partial charge in [-0.15, -0.1) is 0 Å². The molecule has 0 amide bonds. The monoisotopic (exact) mass is 508 g/mol. The van der Waals surface area contributed by atoms with Crippen LogP contribution in [0.1, 0.15) is 32.1 Å². The normalized spacial score (nSPS) is 16.8. The molecular weight excluding hydrogens is 483 g/mol. The van der Waals surface area contributed by atoms with E-state index in [2.05, 4.69) is 11.8 Å². The van der Waals surface area contributed by atoms with Crippen molar-refractivity contribution in [2.45, 2.75) is 37.8 Å². The van der Waals surface area contributed by atoms with Crippen LogP contribution in [0.4, 0.5) is 0 Å². The molecule has 7 nitrogen and oxygen atoms in total. The molecular formula is C23H26Cl2N4O3S. The van der Waals surface area contributed by atoms with Crippen LogP contribution >= 0.6 is 23.2 Å². The van der Waals surface area contributed by atoms with Crippen molar-refractivity contribution in [2.24, 2.45) is 0 Å². The Morgan fingerprint density at radius 2 is 1.73 bits per heavy atom. The van der Waals surface area contributed by atoms with Crippen molar-refractivity contribution >= 4 is 44.1 Å². The smallest absolute Gasteiger partial charge is 0.261 e. The summed E-state index contributed by atoms with van der Waals surface area (Å²) in [5.74, 6) is 0.720. The molecule has 0 radical (unpaired) electrons. The SMILES string of the molecule is CCC(c1nc2ccccc2c(=O)n1CC)N1CCN(S(=O)(=O)c2cc(Cl)ccc2Cl)CC1. The quantitative estimate of drug-likeness (QED) is 0.499. The molecule has 2 heterocycles. The highest BCUT2D eigenvalue weighted by Crippen LogP contribution is 2.30. The van der Waals surface area contributed by atoms with Gasteiger partial charge >= 0.3 is 0 Å². The first kappa shape index (κ1) is 24.2. The molecule has 1 unspecified atom stereocenters. The van der Waals surface area contributed by atoms with E-state index >= 15 is 0 Å². The third kappa shape index (κ3) is 4.55. The molecule has 33 heavy (non-hydrogen) atoms. The molecule has 1 aliphatic heterocycles. The van der Waals surface area contributed by atoms with Crippen molar-refractivity contribution < 1.29 is 8.42 Å². The maximum Gasteiger partial charge on any atom is 0.261 e. The number of rotatable bonds is 6. The lowest BCUT2D eigenvalue weighted by atomic mass is 10.1. The minimum Gasteiger partial charge on any atom is -0.295 e. The second-order valence-electron chi connectivity index (χ2n) is 7.98. The Labute approximate surface area is 203 Å². The zero-order valence-electron chi connectivity index (χ0n) is 18.5. The van der Waals surface area contributed by atoms with Gasteiger partial charge in [-0.1, -0.05) is 42.3 Å². The fourth-order valence-corrected chi connectivity index (χ4v) is 6.58. The summed E-state index contributed by atoms with van der Waals surface area (Å²) in [6.45, 7) is 6.17. The van der Waals surface area contributed by atoms with Gasteiger partial charge in [0.2, 0.25) is 10.0 Å². The van der Waals surface area contributed by atoms with Crippen LogP contribution < -0.4 is 5.56 Å². The summed E-state index contributed by atoms with van der Waals surface area (Å²) in [5.41, 5.74) is 0.630. The van der Waals surface area contributed by atoms with E-state index in [9.17, 15) is 13.2 Å². The highest BCUT2D eigenvalue weighted by atomic mass is 35.5. The fraction of sp³-hybridized carbons (Fsp3) is 0.391. The van der Waals surface area contributed by atoms with Crippen LogP contribution in [-0.2, 0) is 16.6 Å². The van der Waals surface area contributed by atoms with Crippen molar-refractivity contribution in [1.29, 1.82) is 0 Å². The van der Waals surface area contributed by atoms with Gasteiger partial charge in [0.15, 0.2) is 0 Å². The van der Waals surface area contributed by atoms with E-state index in [1.54, 1.807) is 16.7 Å². The van der Waals surface area contributed by atoms with Crippen molar-refractivity contribution in [3.8, 4) is 0 Å². The van der Waals surface area contributed by atoms with Gasteiger partial charge in [-0.3, -0.25) is 14.3 Å². The van der Waals surface area contributed by atoms with Crippen LogP contribution in [-0.4, -0.2) is 53.4 Å². The van der Waals surface area contributed by atoms with E-state index in [1.807, 2.05) is 25.1 Å². The van der Waals surface area contributed by atoms with Gasteiger partial charge in [-0.25, -0.2) is 13.4 Å². The van der Waals surface area contributed by atoms with Crippen LogP contribution in [0.2, 0.25) is 10.0 Å². The van der Waals surface area contributed by atoms with E-state index < -0.39 is 10.0 Å². The molecule has 4 rings (SSSR count). The number of para-hydroxylation sites is 1. The Kier molecular flexibility index (Phi) is 7.12. The number of benzene rings is 2. The lowest BCUT2D eigenvalue weighted by Crippen LogP contribution is -2.50. The Morgan fingerprint density at radius 1 is 1.03 bits per heavy atom. The second kappa shape index (κ2) is 9.72. The Morgan fingerprint density at radius 3 is 2.39 bits per heavy atom. The van der Waals surface area contributed by atoms with Crippen LogP contribution in [0.25, 0.3) is 10.9 Å². The predicted molar refractivity (Wildman–Crippen MR) is 132 cm³/mol. The van der Waals surface area contributed by atoms with Crippen molar-refractivity contribution in [3.63, 3.8) is 0 Å². The van der Waals surface area contributed by atoms with Gasteiger partial charge in [-0.2, -0.15) is 4.31 Å². The summed E-state index contributed by atoms with van der Waals surface area (Å²) in [6, 6.07) is 11.7. The maximum atomic E-state index is 13.2. The molecule has 1 aliphatic rings. The summed E-state index contributed by atoms with van der Waals surface area (Å²) < 4.78 is 29.5. The van der Waals surface area contributed by atoms with Crippen molar-refractivity contribution in [3.05, 3.63) is 68.7 Å². The van der Waals surface area contributed by atoms with Crippen LogP contribution in [0.3, 0.4) is 0 Å². The maximum absolute atomic E-state index is 13.2. The van der Waals surface area contributed by atoms with Gasteiger partial charge in [-0.05, 0) is 43.7 Å². The average molecular weight is 509 g/mol. The summed E-state index contributed by atoms with van der Waals surface area (Å²) >= 11 is 12.2. The molecule has 2 aromatic carbocycles. The minimum atomic E-state index is -3.76. The van der Waals surface area contributed by atoms with Crippen LogP contribution in [0.15, 0.2) is 52.2 Å². The summed E-state index contributed by atoms with van der Waals surface area (Å²) in [5, 5.41) is 1.08. The van der Waals surface area contributed by atoms with Crippen molar-refractivity contribution in [2.75, 3.05) is 26.2 Å². The number of aromatic nitrogens is 2. The minimum absolute atomic E-state index is 0.0215. The van der Waals surface area contributed by atoms with E-state index in [0.717, 1.165) is 12.2 Å². The summed E-state index contributed by atoms with van der Waals surface area (Å²) in [6.07, 6.45) is 0.748. The standard InChI is InChI=1S/C23H26Cl2N4O3S/c1-3-20(22-26-19-8-6-5-7-17(19)23(30)29(22)4-2)27-11-13-28(14-12-27)33(31,32)21-15-16(24)9-10-18(21)25/h5-10,15,20H,3-4,11-14H2,1-2H3. The Bertz CT molecular complexity index is 1340. The number of sulfonamides is 1. The van der Waals surface area contributed by atoms with E-state index in [0.29, 0.717) is 48.6 Å². The second-order valence-corrected chi connectivity index (χ2v) is 10.7. The average Bonchev–Trinajstić information content (AvgIpc) is 2.82. The molecule has 1 saturated heterocycles. The highest BCUT2D eigenvalue weighted by molar-refractivity contribution is 7.89. The number of halogens is 2. The fourth-order valence-electron chi connectivity index (χ4n) is 4.42. The first-order valence-corrected chi connectivity index (χ1v) is 13.2. The van der Waals surface area contributed by atoms with Gasteiger partial charge in [0.25, 0.3) is 5.56 Å². The summed E-state index contributed by atoms with van der Waals surface area (Å²) in [4.78, 5) is 20.1. The Hall–Kier alpha value is -1.97. The van der Waals surface area contributed by atoms with E-state index in [1.165, 1.54) is 16.4 Å². The van der Waals surface area contributed by atoms with Gasteiger partial charge < -0.3 is 0 Å². The zero-order valence-corrected chi connectivity index (χ0v) is 20.9. The predicted octanol–water partition coefficient (Wildman–Crippen LogP) is 4.18. The molecule has 0 saturated carbocycles. The number of hydrogen-bond acceptors (Lipinski definition) is 5. The molecule has 1 aromatic heterocycles. The molecule has 1 atom stereocenters. The molecule has 3 aromatic rings. The number of hydrogen-bond donors (Lipinski definition) is 0. The topological polar surface area (TPSA) is 75.5 Å². The van der Waals surface area contributed by atoms with Gasteiger partial charge in [0.05, 0.1) is 22.0 Å². The molecule has 0 bridgehead atoms. The molecule has 10 heteroatoms. The third-order valence-electron chi connectivity index (χ3n) is 6.12. The Balaban J connectivity index is 1.61. The van der Waals surface area contributed by atoms with Crippen LogP contribution in [0, 0.1) is 0 Å². The first-order valence-electron chi connectivity index (χ1n) is 11.0. The van der Waals surface area contributed by atoms with Crippen molar-refractivity contribution in [1.82, 2.24) is 18.8 Å². The molecule has 0 spiro atoms. The molecule has 0 N–H and O–H groups in total. The number of piperazine rings is 1. The molecule has 176 valence electrons. The van der Waals surface area contributed by atoms with Gasteiger partial charge in [0.1, 0.15) is 10.7 Å². The van der Waals surface area contributed by atoms with Crippen LogP contribution in [0.5, 0.6) is 0 Å². The number of nitrogens with zero attached hydrogens (tertiary/aromatic N) is 4. The lowest BCUT2D eigenvalue weighted by Gasteiger charge is -2.38. The molecule has 0 aliphatic carbocycles. The number of fused-ring (bicyclic) bond motifs is 1. The largest absolute Gasteiger partial charge is 0.295 e. The van der Waals surface area contributed by atoms with E-state index in [-0.39, 0.29) is 21.5 Å². The lowest BCUT2D eigenvalue weighted by molar-refractivity contribution is 0.125. The van der Waals surface area contributed by atoms with Gasteiger partial charge in [0, 0.05) is 37.7 Å². The highest BCUT2D eigenvalue weighted by Gasteiger charge is 2.33. The zero-order chi connectivity index (χ0) is 23.8. The van der Waals surface area contributed by atoms with E-state index in [4.69, 9.17) is 28.2 Å². The molecule has 1 fully saturated rings. The summed E-state index contributed by atoms with van der Waals surface area (Å²) in [7, 11) is -3.76. The first-order chi connectivity index (χ1) is 15.8. The third-order valence-corrected chi connectivity index (χ3v) is 8.73.